The van der Waals surface area contributed by atoms with E-state index in [0.29, 0.717) is 12.5 Å². The van der Waals surface area contributed by atoms with Gasteiger partial charge in [0, 0.05) is 23.8 Å². The number of nitrogens with one attached hydrogen (secondary N) is 1. The number of pyridine rings is 1. The first kappa shape index (κ1) is 12.7. The third kappa shape index (κ3) is 2.26. The van der Waals surface area contributed by atoms with Gasteiger partial charge >= 0.3 is 0 Å². The van der Waals surface area contributed by atoms with E-state index in [1.165, 1.54) is 0 Å². The molecule has 0 radical (unpaired) electrons. The molecule has 0 aliphatic carbocycles. The first-order chi connectivity index (χ1) is 8.67. The molecule has 96 valence electrons. The number of para-hydroxylation sites is 1. The van der Waals surface area contributed by atoms with Crippen LogP contribution >= 0.6 is 0 Å². The summed E-state index contributed by atoms with van der Waals surface area (Å²) in [6.45, 7) is 6.94. The predicted molar refractivity (Wildman–Crippen MR) is 76.5 cm³/mol. The summed E-state index contributed by atoms with van der Waals surface area (Å²) in [5, 5.41) is 4.34. The summed E-state index contributed by atoms with van der Waals surface area (Å²) < 4.78 is 5.66. The highest BCUT2D eigenvalue weighted by molar-refractivity contribution is 5.95. The molecule has 2 aromatic rings. The Kier molecular flexibility index (Phi) is 3.70. The zero-order valence-corrected chi connectivity index (χ0v) is 11.4. The van der Waals surface area contributed by atoms with Crippen LogP contribution in [-0.4, -0.2) is 18.6 Å². The molecule has 0 aliphatic heterocycles. The van der Waals surface area contributed by atoms with E-state index >= 15 is 0 Å². The van der Waals surface area contributed by atoms with Gasteiger partial charge in [-0.3, -0.25) is 0 Å². The Labute approximate surface area is 108 Å². The van der Waals surface area contributed by atoms with Crippen molar-refractivity contribution in [3.8, 4) is 5.75 Å². The molecule has 0 atom stereocenters. The van der Waals surface area contributed by atoms with Crippen LogP contribution in [0.3, 0.4) is 0 Å². The minimum atomic E-state index is 0.399. The molecule has 1 heterocycles. The SMILES string of the molecule is CCOc1cccc2c(NC)cc(C(C)C)nc12. The number of nitrogens with zero attached hydrogens (tertiary/aromatic N) is 1. The van der Waals surface area contributed by atoms with E-state index in [1.54, 1.807) is 0 Å². The average molecular weight is 244 g/mol. The molecule has 2 rings (SSSR count). The van der Waals surface area contributed by atoms with Crippen molar-refractivity contribution in [1.29, 1.82) is 0 Å². The summed E-state index contributed by atoms with van der Waals surface area (Å²) in [4.78, 5) is 4.74. The number of hydrogen-bond acceptors (Lipinski definition) is 3. The van der Waals surface area contributed by atoms with Gasteiger partial charge in [0.05, 0.1) is 6.61 Å². The third-order valence-electron chi connectivity index (χ3n) is 2.98. The van der Waals surface area contributed by atoms with Gasteiger partial charge in [0.2, 0.25) is 0 Å². The number of anilines is 1. The zero-order chi connectivity index (χ0) is 13.1. The van der Waals surface area contributed by atoms with Gasteiger partial charge in [-0.15, -0.1) is 0 Å². The van der Waals surface area contributed by atoms with Crippen molar-refractivity contribution < 1.29 is 4.74 Å². The summed E-state index contributed by atoms with van der Waals surface area (Å²) in [5.41, 5.74) is 3.12. The molecular formula is C15H20N2O. The van der Waals surface area contributed by atoms with Crippen LogP contribution in [0.1, 0.15) is 32.4 Å². The van der Waals surface area contributed by atoms with Crippen molar-refractivity contribution >= 4 is 16.6 Å². The van der Waals surface area contributed by atoms with E-state index in [-0.39, 0.29) is 0 Å². The molecule has 0 aliphatic rings. The van der Waals surface area contributed by atoms with Crippen LogP contribution in [0, 0.1) is 0 Å². The molecule has 0 spiro atoms. The number of ether oxygens (including phenoxy) is 1. The second kappa shape index (κ2) is 5.25. The number of benzene rings is 1. The minimum absolute atomic E-state index is 0.399. The second-order valence-electron chi connectivity index (χ2n) is 4.58. The van der Waals surface area contributed by atoms with Gasteiger partial charge in [0.25, 0.3) is 0 Å². The Balaban J connectivity index is 2.71. The van der Waals surface area contributed by atoms with Crippen LogP contribution in [0.5, 0.6) is 5.75 Å². The molecule has 0 saturated carbocycles. The first-order valence-electron chi connectivity index (χ1n) is 6.41. The lowest BCUT2D eigenvalue weighted by Crippen LogP contribution is -2.00. The zero-order valence-electron chi connectivity index (χ0n) is 11.4. The van der Waals surface area contributed by atoms with E-state index in [9.17, 15) is 0 Å². The Morgan fingerprint density at radius 2 is 2.11 bits per heavy atom. The maximum absolute atomic E-state index is 5.66. The monoisotopic (exact) mass is 244 g/mol. The fraction of sp³-hybridized carbons (Fsp3) is 0.400. The predicted octanol–water partition coefficient (Wildman–Crippen LogP) is 3.80. The van der Waals surface area contributed by atoms with Crippen molar-refractivity contribution in [2.75, 3.05) is 19.0 Å². The maximum Gasteiger partial charge on any atom is 0.145 e. The van der Waals surface area contributed by atoms with Crippen LogP contribution in [0.25, 0.3) is 10.9 Å². The largest absolute Gasteiger partial charge is 0.492 e. The Hall–Kier alpha value is -1.77. The molecule has 0 unspecified atom stereocenters. The van der Waals surface area contributed by atoms with Crippen LogP contribution in [0.15, 0.2) is 24.3 Å². The number of aromatic nitrogens is 1. The smallest absolute Gasteiger partial charge is 0.145 e. The topological polar surface area (TPSA) is 34.1 Å². The Morgan fingerprint density at radius 3 is 2.72 bits per heavy atom. The second-order valence-corrected chi connectivity index (χ2v) is 4.58. The number of hydrogen-bond donors (Lipinski definition) is 1. The van der Waals surface area contributed by atoms with Crippen molar-refractivity contribution in [1.82, 2.24) is 4.98 Å². The average Bonchev–Trinajstić information content (AvgIpc) is 2.38. The number of rotatable bonds is 4. The molecule has 0 amide bonds. The number of fused-ring (bicyclic) bond motifs is 1. The van der Waals surface area contributed by atoms with E-state index in [2.05, 4.69) is 31.3 Å². The van der Waals surface area contributed by atoms with Crippen molar-refractivity contribution in [3.05, 3.63) is 30.0 Å². The van der Waals surface area contributed by atoms with Gasteiger partial charge < -0.3 is 10.1 Å². The van der Waals surface area contributed by atoms with Gasteiger partial charge in [0.1, 0.15) is 11.3 Å². The minimum Gasteiger partial charge on any atom is -0.492 e. The quantitative estimate of drug-likeness (QED) is 0.888. The van der Waals surface area contributed by atoms with E-state index in [1.807, 2.05) is 26.1 Å². The van der Waals surface area contributed by atoms with Crippen molar-refractivity contribution in [2.45, 2.75) is 26.7 Å². The molecule has 0 saturated heterocycles. The van der Waals surface area contributed by atoms with Crippen LogP contribution in [0.2, 0.25) is 0 Å². The standard InChI is InChI=1S/C15H20N2O/c1-5-18-14-8-6-7-11-13(16-4)9-12(10(2)3)17-15(11)14/h6-10H,5H2,1-4H3,(H,16,17). The lowest BCUT2D eigenvalue weighted by Gasteiger charge is -2.14. The lowest BCUT2D eigenvalue weighted by molar-refractivity contribution is 0.343. The van der Waals surface area contributed by atoms with Gasteiger partial charge in [-0.1, -0.05) is 26.0 Å². The molecule has 1 N–H and O–H groups in total. The van der Waals surface area contributed by atoms with Crippen LogP contribution in [0.4, 0.5) is 5.69 Å². The summed E-state index contributed by atoms with van der Waals surface area (Å²) in [7, 11) is 1.94. The fourth-order valence-electron chi connectivity index (χ4n) is 2.02. The molecule has 3 heteroatoms. The van der Waals surface area contributed by atoms with E-state index in [0.717, 1.165) is 28.0 Å². The molecular weight excluding hydrogens is 224 g/mol. The molecule has 0 fully saturated rings. The highest BCUT2D eigenvalue weighted by Gasteiger charge is 2.11. The first-order valence-corrected chi connectivity index (χ1v) is 6.41. The molecule has 18 heavy (non-hydrogen) atoms. The van der Waals surface area contributed by atoms with E-state index in [4.69, 9.17) is 9.72 Å². The van der Waals surface area contributed by atoms with Gasteiger partial charge in [0.15, 0.2) is 0 Å². The van der Waals surface area contributed by atoms with Gasteiger partial charge in [-0.2, -0.15) is 0 Å². The highest BCUT2D eigenvalue weighted by atomic mass is 16.5. The molecule has 0 bridgehead atoms. The van der Waals surface area contributed by atoms with Gasteiger partial charge in [-0.05, 0) is 25.0 Å². The fourth-order valence-corrected chi connectivity index (χ4v) is 2.02. The van der Waals surface area contributed by atoms with Gasteiger partial charge in [-0.25, -0.2) is 4.98 Å². The maximum atomic E-state index is 5.66. The van der Waals surface area contributed by atoms with Crippen LogP contribution < -0.4 is 10.1 Å². The highest BCUT2D eigenvalue weighted by Crippen LogP contribution is 2.31. The van der Waals surface area contributed by atoms with E-state index < -0.39 is 0 Å². The summed E-state index contributed by atoms with van der Waals surface area (Å²) in [6, 6.07) is 8.16. The molecule has 1 aromatic heterocycles. The lowest BCUT2D eigenvalue weighted by atomic mass is 10.1. The normalized spacial score (nSPS) is 10.9. The Bertz CT molecular complexity index is 549. The summed E-state index contributed by atoms with van der Waals surface area (Å²) in [6.07, 6.45) is 0. The van der Waals surface area contributed by atoms with Crippen molar-refractivity contribution in [2.24, 2.45) is 0 Å². The molecule has 3 nitrogen and oxygen atoms in total. The third-order valence-corrected chi connectivity index (χ3v) is 2.98. The summed E-state index contributed by atoms with van der Waals surface area (Å²) in [5.74, 6) is 1.25. The van der Waals surface area contributed by atoms with Crippen molar-refractivity contribution in [3.63, 3.8) is 0 Å². The van der Waals surface area contributed by atoms with Crippen LogP contribution in [-0.2, 0) is 0 Å². The summed E-state index contributed by atoms with van der Waals surface area (Å²) >= 11 is 0. The molecule has 1 aromatic carbocycles. The Morgan fingerprint density at radius 1 is 1.33 bits per heavy atom.